The molecule has 3 heterocycles. The minimum Gasteiger partial charge on any atom is -0.456 e. The molecule has 0 saturated carbocycles. The number of nitrogens with one attached hydrogen (secondary N) is 1. The third-order valence-corrected chi connectivity index (χ3v) is 2.72. The molecule has 0 aliphatic rings. The van der Waals surface area contributed by atoms with E-state index in [1.165, 1.54) is 0 Å². The molecule has 0 atom stereocenters. The van der Waals surface area contributed by atoms with Gasteiger partial charge in [-0.2, -0.15) is 5.10 Å². The summed E-state index contributed by atoms with van der Waals surface area (Å²) < 4.78 is 6.88. The molecule has 0 saturated heterocycles. The van der Waals surface area contributed by atoms with E-state index in [0.717, 1.165) is 0 Å². The Balaban J connectivity index is 1.90. The summed E-state index contributed by atoms with van der Waals surface area (Å²) in [7, 11) is 0. The number of carbonyl (C=O) groups excluding carboxylic acids is 1. The molecule has 6 heteroatoms. The monoisotopic (exact) mass is 268 g/mol. The Labute approximate surface area is 115 Å². The molecule has 1 amide bonds. The van der Waals surface area contributed by atoms with Crippen LogP contribution in [0.2, 0.25) is 0 Å². The van der Waals surface area contributed by atoms with E-state index in [2.05, 4.69) is 15.4 Å². The number of amides is 1. The van der Waals surface area contributed by atoms with E-state index in [1.807, 2.05) is 0 Å². The van der Waals surface area contributed by atoms with Crippen LogP contribution in [-0.2, 0) is 0 Å². The van der Waals surface area contributed by atoms with Crippen LogP contribution in [-0.4, -0.2) is 20.7 Å². The summed E-state index contributed by atoms with van der Waals surface area (Å²) in [5, 5.41) is 6.88. The van der Waals surface area contributed by atoms with E-state index in [9.17, 15) is 4.79 Å². The third-order valence-electron chi connectivity index (χ3n) is 2.72. The zero-order valence-corrected chi connectivity index (χ0v) is 10.8. The largest absolute Gasteiger partial charge is 0.456 e. The van der Waals surface area contributed by atoms with Gasteiger partial charge in [0.2, 0.25) is 0 Å². The number of nitrogens with zero attached hydrogens (tertiary/aromatic N) is 3. The fourth-order valence-electron chi connectivity index (χ4n) is 1.81. The summed E-state index contributed by atoms with van der Waals surface area (Å²) in [6.45, 7) is 1.79. The first-order valence-corrected chi connectivity index (χ1v) is 6.07. The molecule has 100 valence electrons. The molecule has 0 spiro atoms. The molecule has 0 aliphatic carbocycles. The van der Waals surface area contributed by atoms with Crippen molar-refractivity contribution in [3.63, 3.8) is 0 Å². The average Bonchev–Trinajstić information content (AvgIpc) is 3.10. The van der Waals surface area contributed by atoms with Crippen molar-refractivity contribution in [3.8, 4) is 5.82 Å². The lowest BCUT2D eigenvalue weighted by Gasteiger charge is -2.08. The minimum absolute atomic E-state index is 0.262. The maximum atomic E-state index is 12.1. The summed E-state index contributed by atoms with van der Waals surface area (Å²) in [5.41, 5.74) is 0.565. The van der Waals surface area contributed by atoms with Gasteiger partial charge >= 0.3 is 0 Å². The highest BCUT2D eigenvalue weighted by Crippen LogP contribution is 2.17. The lowest BCUT2D eigenvalue weighted by atomic mass is 10.3. The van der Waals surface area contributed by atoms with Crippen LogP contribution in [0.5, 0.6) is 0 Å². The second-order valence-corrected chi connectivity index (χ2v) is 4.19. The third kappa shape index (κ3) is 2.31. The first-order chi connectivity index (χ1) is 9.74. The van der Waals surface area contributed by atoms with Gasteiger partial charge in [0.25, 0.3) is 5.91 Å². The van der Waals surface area contributed by atoms with Crippen LogP contribution in [0, 0.1) is 6.92 Å². The molecule has 0 fully saturated rings. The van der Waals surface area contributed by atoms with Crippen LogP contribution >= 0.6 is 0 Å². The Bertz CT molecular complexity index is 731. The number of hydrogen-bond acceptors (Lipinski definition) is 4. The van der Waals surface area contributed by atoms with Crippen LogP contribution < -0.4 is 5.32 Å². The highest BCUT2D eigenvalue weighted by molar-refractivity contribution is 6.03. The van der Waals surface area contributed by atoms with Crippen molar-refractivity contribution in [3.05, 3.63) is 60.4 Å². The van der Waals surface area contributed by atoms with Crippen LogP contribution in [0.15, 0.2) is 53.3 Å². The van der Waals surface area contributed by atoms with Gasteiger partial charge in [-0.1, -0.05) is 0 Å². The molecule has 0 bridgehead atoms. The molecule has 1 N–H and O–H groups in total. The maximum absolute atomic E-state index is 12.1. The highest BCUT2D eigenvalue weighted by atomic mass is 16.3. The second-order valence-electron chi connectivity index (χ2n) is 4.19. The summed E-state index contributed by atoms with van der Waals surface area (Å²) in [4.78, 5) is 16.3. The second kappa shape index (κ2) is 5.00. The van der Waals surface area contributed by atoms with E-state index in [-0.39, 0.29) is 11.7 Å². The summed E-state index contributed by atoms with van der Waals surface area (Å²) in [6.07, 6.45) is 5.05. The van der Waals surface area contributed by atoms with Crippen molar-refractivity contribution in [2.45, 2.75) is 6.92 Å². The quantitative estimate of drug-likeness (QED) is 0.791. The molecule has 6 nitrogen and oxygen atoms in total. The van der Waals surface area contributed by atoms with Gasteiger partial charge < -0.3 is 9.73 Å². The summed E-state index contributed by atoms with van der Waals surface area (Å²) >= 11 is 0. The normalized spacial score (nSPS) is 10.4. The molecule has 3 rings (SSSR count). The number of hydrogen-bond donors (Lipinski definition) is 1. The lowest BCUT2D eigenvalue weighted by molar-refractivity contribution is 0.0995. The van der Waals surface area contributed by atoms with Crippen molar-refractivity contribution in [2.75, 3.05) is 5.32 Å². The summed E-state index contributed by atoms with van der Waals surface area (Å²) in [6, 6.07) is 8.67. The highest BCUT2D eigenvalue weighted by Gasteiger charge is 2.13. The maximum Gasteiger partial charge on any atom is 0.291 e. The van der Waals surface area contributed by atoms with Crippen LogP contribution in [0.1, 0.15) is 16.3 Å². The first kappa shape index (κ1) is 12.2. The number of anilines is 1. The average molecular weight is 268 g/mol. The molecule has 3 aromatic heterocycles. The molecule has 0 unspecified atom stereocenters. The van der Waals surface area contributed by atoms with Crippen molar-refractivity contribution in [2.24, 2.45) is 0 Å². The van der Waals surface area contributed by atoms with Crippen molar-refractivity contribution in [1.82, 2.24) is 14.8 Å². The van der Waals surface area contributed by atoms with Gasteiger partial charge in [-0.05, 0) is 37.3 Å². The van der Waals surface area contributed by atoms with Crippen molar-refractivity contribution < 1.29 is 9.21 Å². The van der Waals surface area contributed by atoms with E-state index < -0.39 is 0 Å². The van der Waals surface area contributed by atoms with Crippen LogP contribution in [0.3, 0.4) is 0 Å². The van der Waals surface area contributed by atoms with E-state index in [4.69, 9.17) is 4.42 Å². The number of pyridine rings is 1. The Hall–Kier alpha value is -2.89. The zero-order valence-electron chi connectivity index (χ0n) is 10.8. The summed E-state index contributed by atoms with van der Waals surface area (Å²) in [5.74, 6) is 1.18. The van der Waals surface area contributed by atoms with Crippen LogP contribution in [0.4, 0.5) is 5.69 Å². The van der Waals surface area contributed by atoms with Crippen LogP contribution in [0.25, 0.3) is 5.82 Å². The number of aromatic nitrogens is 3. The fourth-order valence-corrected chi connectivity index (χ4v) is 1.81. The zero-order chi connectivity index (χ0) is 13.9. The van der Waals surface area contributed by atoms with Gasteiger partial charge in [0.05, 0.1) is 5.69 Å². The lowest BCUT2D eigenvalue weighted by Crippen LogP contribution is -2.14. The molecule has 0 aliphatic heterocycles. The molecule has 20 heavy (non-hydrogen) atoms. The van der Waals surface area contributed by atoms with Gasteiger partial charge in [-0.25, -0.2) is 9.67 Å². The number of rotatable bonds is 3. The van der Waals surface area contributed by atoms with Gasteiger partial charge in [0.15, 0.2) is 11.6 Å². The van der Waals surface area contributed by atoms with Gasteiger partial charge in [0, 0.05) is 18.6 Å². The van der Waals surface area contributed by atoms with E-state index in [1.54, 1.807) is 60.5 Å². The Morgan fingerprint density at radius 2 is 2.15 bits per heavy atom. The van der Waals surface area contributed by atoms with E-state index >= 15 is 0 Å². The molecular formula is C14H12N4O2. The Kier molecular flexibility index (Phi) is 3.04. The Morgan fingerprint density at radius 3 is 2.85 bits per heavy atom. The number of carbonyl (C=O) groups is 1. The fraction of sp³-hybridized carbons (Fsp3) is 0.0714. The molecular weight excluding hydrogens is 256 g/mol. The van der Waals surface area contributed by atoms with E-state index in [0.29, 0.717) is 17.3 Å². The Morgan fingerprint density at radius 1 is 1.25 bits per heavy atom. The molecule has 0 radical (unpaired) electrons. The minimum atomic E-state index is -0.320. The molecule has 3 aromatic rings. The topological polar surface area (TPSA) is 73.0 Å². The number of aryl methyl sites for hydroxylation is 1. The first-order valence-electron chi connectivity index (χ1n) is 6.07. The van der Waals surface area contributed by atoms with Gasteiger partial charge in [-0.15, -0.1) is 0 Å². The standard InChI is InChI=1S/C14H12N4O2/c1-10-5-6-12(20-10)14(19)17-11-4-2-7-15-13(11)18-9-3-8-16-18/h2-9H,1H3,(H,17,19). The predicted molar refractivity (Wildman–Crippen MR) is 72.8 cm³/mol. The van der Waals surface area contributed by atoms with Gasteiger partial charge in [0.1, 0.15) is 5.76 Å². The van der Waals surface area contributed by atoms with Crippen molar-refractivity contribution in [1.29, 1.82) is 0 Å². The number of furan rings is 1. The smallest absolute Gasteiger partial charge is 0.291 e. The molecule has 0 aromatic carbocycles. The van der Waals surface area contributed by atoms with Crippen molar-refractivity contribution >= 4 is 11.6 Å². The SMILES string of the molecule is Cc1ccc(C(=O)Nc2cccnc2-n2cccn2)o1. The predicted octanol–water partition coefficient (Wildman–Crippen LogP) is 2.42. The van der Waals surface area contributed by atoms with Gasteiger partial charge in [-0.3, -0.25) is 4.79 Å².